The van der Waals surface area contributed by atoms with E-state index in [-0.39, 0.29) is 4.59 Å². The zero-order chi connectivity index (χ0) is 10.5. The number of rotatable bonds is 0. The lowest BCUT2D eigenvalue weighted by Gasteiger charge is -2.26. The van der Waals surface area contributed by atoms with Crippen molar-refractivity contribution in [3.05, 3.63) is 29.8 Å². The Hall–Kier alpha value is -1.52. The molecule has 0 fully saturated rings. The Morgan fingerprint density at radius 3 is 2.93 bits per heavy atom. The highest BCUT2D eigenvalue weighted by atomic mass is 35.5. The minimum Gasteiger partial charge on any atom is -0.162 e. The normalized spacial score (nSPS) is 26.8. The molecule has 1 atom stereocenters. The predicted octanol–water partition coefficient (Wildman–Crippen LogP) is 1.94. The molecule has 5 heteroatoms. The smallest absolute Gasteiger partial charge is 0.162 e. The summed E-state index contributed by atoms with van der Waals surface area (Å²) >= 11 is 6.08. The van der Waals surface area contributed by atoms with E-state index in [9.17, 15) is 0 Å². The summed E-state index contributed by atoms with van der Waals surface area (Å²) in [5.74, 6) is 0.610. The summed E-state index contributed by atoms with van der Waals surface area (Å²) in [5.41, 5.74) is 1.92. The molecule has 2 heterocycles. The third-order valence-electron chi connectivity index (χ3n) is 2.64. The van der Waals surface area contributed by atoms with Crippen molar-refractivity contribution < 1.29 is 0 Å². The van der Waals surface area contributed by atoms with Crippen LogP contribution in [0.1, 0.15) is 5.56 Å². The fourth-order valence-corrected chi connectivity index (χ4v) is 2.05. The van der Waals surface area contributed by atoms with Gasteiger partial charge in [0, 0.05) is 6.07 Å². The Morgan fingerprint density at radius 2 is 2.07 bits per heavy atom. The number of nitrogens with zero attached hydrogens (tertiary/aromatic N) is 4. The fourth-order valence-electron chi connectivity index (χ4n) is 1.82. The van der Waals surface area contributed by atoms with Crippen molar-refractivity contribution >= 4 is 34.8 Å². The number of hydrogen-bond donors (Lipinski definition) is 0. The zero-order valence-corrected chi connectivity index (χ0v) is 8.81. The third kappa shape index (κ3) is 1.03. The van der Waals surface area contributed by atoms with E-state index in [0.29, 0.717) is 11.1 Å². The number of hydrogen-bond acceptors (Lipinski definition) is 3. The van der Waals surface area contributed by atoms with E-state index < -0.39 is 0 Å². The molecule has 1 unspecified atom stereocenters. The first kappa shape index (κ1) is 8.76. The first-order chi connectivity index (χ1) is 7.22. The van der Waals surface area contributed by atoms with Crippen molar-refractivity contribution in [2.45, 2.75) is 0 Å². The van der Waals surface area contributed by atoms with E-state index in [0.717, 1.165) is 11.3 Å². The largest absolute Gasteiger partial charge is 0.364 e. The molecule has 1 aromatic carbocycles. The van der Waals surface area contributed by atoms with Crippen molar-refractivity contribution in [1.82, 2.24) is 4.59 Å². The number of benzene rings is 1. The number of aliphatic imine (C=N–C) groups is 2. The van der Waals surface area contributed by atoms with Gasteiger partial charge >= 0.3 is 5.96 Å². The number of guanidine groups is 1. The molecule has 0 aliphatic carbocycles. The summed E-state index contributed by atoms with van der Waals surface area (Å²) in [6.45, 7) is 0. The quantitative estimate of drug-likeness (QED) is 0.598. The van der Waals surface area contributed by atoms with E-state index in [1.54, 1.807) is 0 Å². The number of halogens is 1. The molecule has 0 saturated heterocycles. The van der Waals surface area contributed by atoms with Crippen LogP contribution in [-0.2, 0) is 0 Å². The second-order valence-electron chi connectivity index (χ2n) is 3.54. The SMILES string of the molecule is C[N+]12N=CN=C1N=C(Cl)c1ccccc12. The monoisotopic (exact) mass is 219 g/mol. The van der Waals surface area contributed by atoms with Gasteiger partial charge in [-0.1, -0.05) is 28.8 Å². The average molecular weight is 220 g/mol. The van der Waals surface area contributed by atoms with Gasteiger partial charge in [-0.3, -0.25) is 0 Å². The van der Waals surface area contributed by atoms with E-state index in [2.05, 4.69) is 15.1 Å². The van der Waals surface area contributed by atoms with Crippen molar-refractivity contribution in [3.8, 4) is 0 Å². The van der Waals surface area contributed by atoms with Crippen molar-refractivity contribution in [2.75, 3.05) is 7.05 Å². The van der Waals surface area contributed by atoms with Crippen molar-refractivity contribution in [3.63, 3.8) is 0 Å². The molecule has 0 N–H and O–H groups in total. The van der Waals surface area contributed by atoms with Crippen LogP contribution in [0, 0.1) is 0 Å². The summed E-state index contributed by atoms with van der Waals surface area (Å²) in [6, 6.07) is 7.83. The number of fused-ring (bicyclic) bond motifs is 3. The maximum atomic E-state index is 6.08. The topological polar surface area (TPSA) is 37.1 Å². The zero-order valence-electron chi connectivity index (χ0n) is 8.05. The molecule has 1 aromatic rings. The lowest BCUT2D eigenvalue weighted by atomic mass is 10.1. The van der Waals surface area contributed by atoms with Gasteiger partial charge in [0.25, 0.3) is 0 Å². The minimum absolute atomic E-state index is 0.256. The molecule has 0 bridgehead atoms. The van der Waals surface area contributed by atoms with Crippen LogP contribution < -0.4 is 4.59 Å². The Kier molecular flexibility index (Phi) is 1.60. The Morgan fingerprint density at radius 1 is 1.27 bits per heavy atom. The number of quaternary nitrogens is 1. The molecule has 0 radical (unpaired) electrons. The second-order valence-corrected chi connectivity index (χ2v) is 3.90. The molecular weight excluding hydrogens is 212 g/mol. The maximum Gasteiger partial charge on any atom is 0.364 e. The van der Waals surface area contributed by atoms with Crippen molar-refractivity contribution in [1.29, 1.82) is 0 Å². The van der Waals surface area contributed by atoms with Crippen LogP contribution in [0.5, 0.6) is 0 Å². The molecule has 0 amide bonds. The van der Waals surface area contributed by atoms with Gasteiger partial charge in [0.05, 0.1) is 5.56 Å². The minimum atomic E-state index is 0.256. The second kappa shape index (κ2) is 2.74. The summed E-state index contributed by atoms with van der Waals surface area (Å²) < 4.78 is 0.256. The molecule has 0 saturated carbocycles. The predicted molar refractivity (Wildman–Crippen MR) is 62.5 cm³/mol. The Labute approximate surface area is 91.8 Å². The standard InChI is InChI=1S/C10H8ClN4/c1-15-8-5-3-2-4-7(8)9(11)14-10(15)12-6-13-15/h2-6H,1H3/q+1. The van der Waals surface area contributed by atoms with Gasteiger partial charge < -0.3 is 0 Å². The highest BCUT2D eigenvalue weighted by Gasteiger charge is 2.42. The lowest BCUT2D eigenvalue weighted by molar-refractivity contribution is 0.528. The van der Waals surface area contributed by atoms with Crippen LogP contribution in [0.2, 0.25) is 0 Å². The van der Waals surface area contributed by atoms with Crippen LogP contribution in [0.25, 0.3) is 0 Å². The molecular formula is C10H8ClN4+. The van der Waals surface area contributed by atoms with Gasteiger partial charge in [-0.2, -0.15) is 9.98 Å². The average Bonchev–Trinajstić information content (AvgIpc) is 2.62. The summed E-state index contributed by atoms with van der Waals surface area (Å²) in [6.07, 6.45) is 1.52. The third-order valence-corrected chi connectivity index (χ3v) is 2.93. The Balaban J connectivity index is 2.35. The van der Waals surface area contributed by atoms with E-state index >= 15 is 0 Å². The van der Waals surface area contributed by atoms with E-state index in [4.69, 9.17) is 11.6 Å². The lowest BCUT2D eigenvalue weighted by Crippen LogP contribution is -2.45. The van der Waals surface area contributed by atoms with Crippen LogP contribution in [0.15, 0.2) is 39.4 Å². The highest BCUT2D eigenvalue weighted by molar-refractivity contribution is 6.71. The summed E-state index contributed by atoms with van der Waals surface area (Å²) in [4.78, 5) is 8.34. The molecule has 15 heavy (non-hydrogen) atoms. The fraction of sp³-hybridized carbons (Fsp3) is 0.100. The molecule has 74 valence electrons. The number of para-hydroxylation sites is 1. The molecule has 3 rings (SSSR count). The van der Waals surface area contributed by atoms with Gasteiger partial charge in [-0.15, -0.1) is 4.59 Å². The van der Waals surface area contributed by atoms with Gasteiger partial charge in [0.2, 0.25) is 0 Å². The molecule has 0 aromatic heterocycles. The van der Waals surface area contributed by atoms with Crippen LogP contribution >= 0.6 is 11.6 Å². The first-order valence-corrected chi connectivity index (χ1v) is 4.93. The van der Waals surface area contributed by atoms with Crippen LogP contribution in [0.3, 0.4) is 0 Å². The Bertz CT molecular complexity index is 532. The molecule has 2 aliphatic rings. The summed E-state index contributed by atoms with van der Waals surface area (Å²) in [5, 5.41) is 4.79. The van der Waals surface area contributed by atoms with Gasteiger partial charge in [0.15, 0.2) is 12.0 Å². The van der Waals surface area contributed by atoms with Crippen LogP contribution in [-0.4, -0.2) is 24.5 Å². The highest BCUT2D eigenvalue weighted by Crippen LogP contribution is 2.34. The van der Waals surface area contributed by atoms with Gasteiger partial charge in [-0.05, 0) is 6.07 Å². The van der Waals surface area contributed by atoms with Gasteiger partial charge in [-0.25, -0.2) is 0 Å². The maximum absolute atomic E-state index is 6.08. The van der Waals surface area contributed by atoms with Gasteiger partial charge in [0.1, 0.15) is 12.2 Å². The first-order valence-electron chi connectivity index (χ1n) is 4.55. The van der Waals surface area contributed by atoms with E-state index in [1.807, 2.05) is 31.3 Å². The molecule has 4 nitrogen and oxygen atoms in total. The van der Waals surface area contributed by atoms with Crippen LogP contribution in [0.4, 0.5) is 5.69 Å². The van der Waals surface area contributed by atoms with E-state index in [1.165, 1.54) is 6.34 Å². The molecule has 2 aliphatic heterocycles. The summed E-state index contributed by atoms with van der Waals surface area (Å²) in [7, 11) is 1.94. The van der Waals surface area contributed by atoms with Crippen molar-refractivity contribution in [2.24, 2.45) is 15.1 Å². The molecule has 0 spiro atoms.